The molecule has 0 N–H and O–H groups in total. The lowest BCUT2D eigenvalue weighted by molar-refractivity contribution is 0.0899. The summed E-state index contributed by atoms with van der Waals surface area (Å²) in [5, 5.41) is 0. The van der Waals surface area contributed by atoms with Crippen molar-refractivity contribution < 1.29 is 4.74 Å². The minimum atomic E-state index is -1.07. The Hall–Kier alpha value is -2.12. The maximum absolute atomic E-state index is 5.89. The quantitative estimate of drug-likeness (QED) is 0.362. The van der Waals surface area contributed by atoms with E-state index in [0.717, 1.165) is 41.3 Å². The van der Waals surface area contributed by atoms with Crippen LogP contribution in [0.15, 0.2) is 30.9 Å². The zero-order valence-corrected chi connectivity index (χ0v) is 19.5. The highest BCUT2D eigenvalue weighted by molar-refractivity contribution is 6.76. The molecule has 1 aliphatic rings. The summed E-state index contributed by atoms with van der Waals surface area (Å²) in [6, 6.07) is 3.17. The first kappa shape index (κ1) is 21.1. The van der Waals surface area contributed by atoms with Crippen LogP contribution in [0.5, 0.6) is 0 Å². The van der Waals surface area contributed by atoms with Crippen molar-refractivity contribution in [1.82, 2.24) is 24.5 Å². The zero-order chi connectivity index (χ0) is 21.0. The van der Waals surface area contributed by atoms with Gasteiger partial charge in [0.15, 0.2) is 5.65 Å². The number of fused-ring (bicyclic) bond motifs is 1. The minimum absolute atomic E-state index is 0.514. The van der Waals surface area contributed by atoms with E-state index in [1.807, 2.05) is 23.0 Å². The van der Waals surface area contributed by atoms with Gasteiger partial charge >= 0.3 is 0 Å². The van der Waals surface area contributed by atoms with Crippen molar-refractivity contribution in [3.8, 4) is 11.4 Å². The second-order valence-electron chi connectivity index (χ2n) is 9.66. The Labute approximate surface area is 180 Å². The molecule has 3 aromatic heterocycles. The molecular weight excluding hydrogens is 390 g/mol. The number of rotatable bonds is 8. The van der Waals surface area contributed by atoms with Crippen LogP contribution in [-0.2, 0) is 17.9 Å². The van der Waals surface area contributed by atoms with Crippen LogP contribution in [0.1, 0.15) is 37.8 Å². The van der Waals surface area contributed by atoms with Crippen molar-refractivity contribution in [2.24, 2.45) is 5.92 Å². The molecule has 0 atom stereocenters. The summed E-state index contributed by atoms with van der Waals surface area (Å²) in [4.78, 5) is 18.8. The molecule has 0 bridgehead atoms. The Morgan fingerprint density at radius 2 is 1.87 bits per heavy atom. The lowest BCUT2D eigenvalue weighted by Crippen LogP contribution is -2.22. The first-order valence-corrected chi connectivity index (χ1v) is 14.9. The summed E-state index contributed by atoms with van der Waals surface area (Å²) in [5.74, 6) is 0.709. The number of nitrogens with zero attached hydrogens (tertiary/aromatic N) is 5. The second kappa shape index (κ2) is 9.35. The second-order valence-corrected chi connectivity index (χ2v) is 15.3. The van der Waals surface area contributed by atoms with Crippen molar-refractivity contribution in [3.05, 3.63) is 36.5 Å². The number of hydrogen-bond donors (Lipinski definition) is 0. The summed E-state index contributed by atoms with van der Waals surface area (Å²) in [6.45, 7) is 8.40. The molecule has 7 heteroatoms. The van der Waals surface area contributed by atoms with E-state index in [0.29, 0.717) is 12.6 Å². The Morgan fingerprint density at radius 1 is 1.07 bits per heavy atom. The van der Waals surface area contributed by atoms with Gasteiger partial charge in [-0.1, -0.05) is 51.7 Å². The highest BCUT2D eigenvalue weighted by Crippen LogP contribution is 2.29. The van der Waals surface area contributed by atoms with Gasteiger partial charge in [-0.05, 0) is 24.4 Å². The normalized spacial score (nSPS) is 15.7. The summed E-state index contributed by atoms with van der Waals surface area (Å²) < 4.78 is 7.91. The molecule has 160 valence electrons. The fourth-order valence-corrected chi connectivity index (χ4v) is 4.87. The molecule has 3 heterocycles. The van der Waals surface area contributed by atoms with E-state index in [-0.39, 0.29) is 0 Å². The van der Waals surface area contributed by atoms with Gasteiger partial charge in [-0.25, -0.2) is 9.97 Å². The van der Waals surface area contributed by atoms with Gasteiger partial charge in [0.25, 0.3) is 0 Å². The molecule has 0 saturated heterocycles. The maximum atomic E-state index is 5.89. The van der Waals surface area contributed by atoms with E-state index in [4.69, 9.17) is 14.7 Å². The molecule has 1 aliphatic carbocycles. The van der Waals surface area contributed by atoms with Gasteiger partial charge in [0.2, 0.25) is 0 Å². The van der Waals surface area contributed by atoms with Gasteiger partial charge < -0.3 is 9.30 Å². The van der Waals surface area contributed by atoms with Gasteiger partial charge in [0, 0.05) is 33.3 Å². The van der Waals surface area contributed by atoms with Crippen molar-refractivity contribution in [2.75, 3.05) is 6.61 Å². The fourth-order valence-electron chi connectivity index (χ4n) is 4.12. The molecule has 4 rings (SSSR count). The van der Waals surface area contributed by atoms with Crippen LogP contribution in [-0.4, -0.2) is 39.2 Å². The molecule has 0 amide bonds. The van der Waals surface area contributed by atoms with Crippen LogP contribution in [0.3, 0.4) is 0 Å². The van der Waals surface area contributed by atoms with Crippen LogP contribution in [0.25, 0.3) is 22.6 Å². The molecule has 0 aromatic carbocycles. The SMILES string of the molecule is C[Si](C)(C)CCOCn1ccc2nc(-c3nccnc3CC3CCCCC3)cnc21. The Kier molecular flexibility index (Phi) is 6.58. The molecule has 0 aliphatic heterocycles. The molecular formula is C23H33N5OSi. The maximum Gasteiger partial charge on any atom is 0.160 e. The van der Waals surface area contributed by atoms with Crippen molar-refractivity contribution >= 4 is 19.2 Å². The predicted molar refractivity (Wildman–Crippen MR) is 123 cm³/mol. The van der Waals surface area contributed by atoms with Crippen LogP contribution < -0.4 is 0 Å². The lowest BCUT2D eigenvalue weighted by Gasteiger charge is -2.21. The summed E-state index contributed by atoms with van der Waals surface area (Å²) in [6.07, 6.45) is 15.0. The summed E-state index contributed by atoms with van der Waals surface area (Å²) in [7, 11) is -1.07. The Balaban J connectivity index is 1.49. The van der Waals surface area contributed by atoms with Gasteiger partial charge in [-0.2, -0.15) is 0 Å². The molecule has 1 fully saturated rings. The van der Waals surface area contributed by atoms with Gasteiger partial charge in [-0.15, -0.1) is 0 Å². The van der Waals surface area contributed by atoms with E-state index >= 15 is 0 Å². The third-order valence-corrected chi connectivity index (χ3v) is 7.62. The smallest absolute Gasteiger partial charge is 0.160 e. The first-order chi connectivity index (χ1) is 14.5. The molecule has 0 radical (unpaired) electrons. The molecule has 6 nitrogen and oxygen atoms in total. The molecule has 30 heavy (non-hydrogen) atoms. The standard InChI is InChI=1S/C23H33N5OSi/c1-30(2,3)14-13-29-17-28-12-9-19-23(28)26-16-21(27-19)22-20(24-10-11-25-22)15-18-7-5-4-6-8-18/h9-12,16,18H,4-8,13-15,17H2,1-3H3. The van der Waals surface area contributed by atoms with Crippen LogP contribution in [0.2, 0.25) is 25.7 Å². The van der Waals surface area contributed by atoms with Crippen LogP contribution >= 0.6 is 0 Å². The van der Waals surface area contributed by atoms with Gasteiger partial charge in [0.1, 0.15) is 23.6 Å². The van der Waals surface area contributed by atoms with Crippen molar-refractivity contribution in [2.45, 2.75) is 70.9 Å². The summed E-state index contributed by atoms with van der Waals surface area (Å²) >= 11 is 0. The fraction of sp³-hybridized carbons (Fsp3) is 0.565. The van der Waals surface area contributed by atoms with E-state index in [2.05, 4.69) is 29.6 Å². The Bertz CT molecular complexity index is 975. The highest BCUT2D eigenvalue weighted by atomic mass is 28.3. The average Bonchev–Trinajstić information content (AvgIpc) is 3.14. The number of hydrogen-bond acceptors (Lipinski definition) is 5. The monoisotopic (exact) mass is 423 g/mol. The topological polar surface area (TPSA) is 65.7 Å². The van der Waals surface area contributed by atoms with E-state index in [1.54, 1.807) is 12.4 Å². The third-order valence-electron chi connectivity index (χ3n) is 5.91. The summed E-state index contributed by atoms with van der Waals surface area (Å²) in [5.41, 5.74) is 4.45. The number of ether oxygens (including phenoxy) is 1. The molecule has 1 saturated carbocycles. The van der Waals surface area contributed by atoms with Crippen LogP contribution in [0, 0.1) is 5.92 Å². The average molecular weight is 424 g/mol. The van der Waals surface area contributed by atoms with E-state index < -0.39 is 8.07 Å². The van der Waals surface area contributed by atoms with Crippen molar-refractivity contribution in [3.63, 3.8) is 0 Å². The van der Waals surface area contributed by atoms with Crippen molar-refractivity contribution in [1.29, 1.82) is 0 Å². The molecule has 0 spiro atoms. The van der Waals surface area contributed by atoms with Gasteiger partial charge in [-0.3, -0.25) is 9.97 Å². The number of aromatic nitrogens is 5. The molecule has 0 unspecified atom stereocenters. The largest absolute Gasteiger partial charge is 0.361 e. The van der Waals surface area contributed by atoms with Gasteiger partial charge in [0.05, 0.1) is 11.9 Å². The Morgan fingerprint density at radius 3 is 2.67 bits per heavy atom. The lowest BCUT2D eigenvalue weighted by atomic mass is 9.85. The first-order valence-electron chi connectivity index (χ1n) is 11.2. The predicted octanol–water partition coefficient (Wildman–Crippen LogP) is 5.32. The molecule has 3 aromatic rings. The highest BCUT2D eigenvalue weighted by Gasteiger charge is 2.19. The van der Waals surface area contributed by atoms with E-state index in [9.17, 15) is 0 Å². The minimum Gasteiger partial charge on any atom is -0.361 e. The van der Waals surface area contributed by atoms with Crippen LogP contribution in [0.4, 0.5) is 0 Å². The third kappa shape index (κ3) is 5.32. The van der Waals surface area contributed by atoms with E-state index in [1.165, 1.54) is 38.1 Å². The zero-order valence-electron chi connectivity index (χ0n) is 18.5.